The lowest BCUT2D eigenvalue weighted by atomic mass is 10.2. The Balaban J connectivity index is 1.55. The van der Waals surface area contributed by atoms with Gasteiger partial charge in [-0.05, 0) is 53.6 Å². The molecule has 4 nitrogen and oxygen atoms in total. The molecule has 3 aromatic rings. The standard InChI is InChI=1S/C22H20FN3O/c1-26(21-11-13-24-14-12-21)20-8-5-18(6-9-20)16-25-22(27)10-7-17-3-2-4-19(23)15-17/h2-15H,16H2,1H3,(H,25,27). The molecule has 1 aromatic heterocycles. The van der Waals surface area contributed by atoms with Crippen LogP contribution in [-0.2, 0) is 11.3 Å². The Hall–Kier alpha value is -3.47. The fraction of sp³-hybridized carbons (Fsp3) is 0.0909. The van der Waals surface area contributed by atoms with Gasteiger partial charge in [-0.25, -0.2) is 4.39 Å². The normalized spacial score (nSPS) is 10.7. The van der Waals surface area contributed by atoms with Gasteiger partial charge in [-0.15, -0.1) is 0 Å². The predicted octanol–water partition coefficient (Wildman–Crippen LogP) is 4.32. The zero-order valence-electron chi connectivity index (χ0n) is 15.0. The van der Waals surface area contributed by atoms with Crippen molar-refractivity contribution in [2.45, 2.75) is 6.54 Å². The quantitative estimate of drug-likeness (QED) is 0.665. The monoisotopic (exact) mass is 361 g/mol. The van der Waals surface area contributed by atoms with E-state index in [4.69, 9.17) is 0 Å². The molecule has 0 saturated heterocycles. The van der Waals surface area contributed by atoms with Crippen molar-refractivity contribution in [2.75, 3.05) is 11.9 Å². The minimum atomic E-state index is -0.325. The SMILES string of the molecule is CN(c1ccncc1)c1ccc(CNC(=O)C=Cc2cccc(F)c2)cc1. The summed E-state index contributed by atoms with van der Waals surface area (Å²) in [7, 11) is 1.99. The number of pyridine rings is 1. The van der Waals surface area contributed by atoms with Crippen molar-refractivity contribution in [1.82, 2.24) is 10.3 Å². The number of amides is 1. The van der Waals surface area contributed by atoms with Gasteiger partial charge in [0.25, 0.3) is 0 Å². The minimum Gasteiger partial charge on any atom is -0.348 e. The topological polar surface area (TPSA) is 45.2 Å². The summed E-state index contributed by atoms with van der Waals surface area (Å²) in [6.07, 6.45) is 6.51. The number of benzene rings is 2. The smallest absolute Gasteiger partial charge is 0.244 e. The van der Waals surface area contributed by atoms with Crippen molar-refractivity contribution >= 4 is 23.4 Å². The molecule has 0 saturated carbocycles. The number of nitrogens with zero attached hydrogens (tertiary/aromatic N) is 2. The first kappa shape index (κ1) is 18.3. The van der Waals surface area contributed by atoms with Crippen molar-refractivity contribution in [3.63, 3.8) is 0 Å². The van der Waals surface area contributed by atoms with Crippen molar-refractivity contribution in [1.29, 1.82) is 0 Å². The molecule has 2 aromatic carbocycles. The molecule has 1 heterocycles. The maximum absolute atomic E-state index is 13.1. The lowest BCUT2D eigenvalue weighted by Gasteiger charge is -2.19. The van der Waals surface area contributed by atoms with E-state index in [1.165, 1.54) is 18.2 Å². The van der Waals surface area contributed by atoms with Crippen molar-refractivity contribution < 1.29 is 9.18 Å². The van der Waals surface area contributed by atoms with Gasteiger partial charge in [-0.2, -0.15) is 0 Å². The number of carbonyl (C=O) groups excluding carboxylic acids is 1. The van der Waals surface area contributed by atoms with Gasteiger partial charge in [0.05, 0.1) is 0 Å². The molecular weight excluding hydrogens is 341 g/mol. The van der Waals surface area contributed by atoms with E-state index in [0.717, 1.165) is 16.9 Å². The van der Waals surface area contributed by atoms with E-state index in [1.807, 2.05) is 43.4 Å². The zero-order chi connectivity index (χ0) is 19.1. The summed E-state index contributed by atoms with van der Waals surface area (Å²) in [4.78, 5) is 18.0. The van der Waals surface area contributed by atoms with E-state index >= 15 is 0 Å². The van der Waals surface area contributed by atoms with E-state index < -0.39 is 0 Å². The molecule has 3 rings (SSSR count). The molecule has 1 amide bonds. The molecule has 27 heavy (non-hydrogen) atoms. The molecular formula is C22H20FN3O. The molecule has 0 radical (unpaired) electrons. The summed E-state index contributed by atoms with van der Waals surface area (Å²) in [5.41, 5.74) is 3.74. The van der Waals surface area contributed by atoms with Crippen LogP contribution in [0.15, 0.2) is 79.1 Å². The Labute approximate surface area is 158 Å². The summed E-state index contributed by atoms with van der Waals surface area (Å²) in [5.74, 6) is -0.549. The number of nitrogens with one attached hydrogen (secondary N) is 1. The van der Waals surface area contributed by atoms with Gasteiger partial charge in [-0.1, -0.05) is 24.3 Å². The van der Waals surface area contributed by atoms with Crippen molar-refractivity contribution in [2.24, 2.45) is 0 Å². The van der Waals surface area contributed by atoms with Gasteiger partial charge < -0.3 is 10.2 Å². The van der Waals surface area contributed by atoms with Crippen LogP contribution in [0.4, 0.5) is 15.8 Å². The number of hydrogen-bond acceptors (Lipinski definition) is 3. The molecule has 1 N–H and O–H groups in total. The highest BCUT2D eigenvalue weighted by atomic mass is 19.1. The van der Waals surface area contributed by atoms with Crippen LogP contribution in [0.1, 0.15) is 11.1 Å². The first-order valence-corrected chi connectivity index (χ1v) is 8.56. The van der Waals surface area contributed by atoms with Crippen LogP contribution in [-0.4, -0.2) is 17.9 Å². The first-order chi connectivity index (χ1) is 13.1. The number of anilines is 2. The van der Waals surface area contributed by atoms with Crippen LogP contribution in [0.3, 0.4) is 0 Å². The van der Waals surface area contributed by atoms with Crippen LogP contribution < -0.4 is 10.2 Å². The van der Waals surface area contributed by atoms with E-state index in [9.17, 15) is 9.18 Å². The predicted molar refractivity (Wildman–Crippen MR) is 106 cm³/mol. The van der Waals surface area contributed by atoms with Gasteiger partial charge in [0.2, 0.25) is 5.91 Å². The largest absolute Gasteiger partial charge is 0.348 e. The van der Waals surface area contributed by atoms with Gasteiger partial charge >= 0.3 is 0 Å². The van der Waals surface area contributed by atoms with Crippen LogP contribution in [0, 0.1) is 5.82 Å². The molecule has 5 heteroatoms. The third-order valence-corrected chi connectivity index (χ3v) is 4.12. The molecule has 0 aliphatic heterocycles. The molecule has 0 spiro atoms. The number of rotatable bonds is 6. The maximum atomic E-state index is 13.1. The number of carbonyl (C=O) groups is 1. The lowest BCUT2D eigenvalue weighted by Crippen LogP contribution is -2.20. The third-order valence-electron chi connectivity index (χ3n) is 4.12. The highest BCUT2D eigenvalue weighted by molar-refractivity contribution is 5.91. The Morgan fingerprint density at radius 1 is 1.07 bits per heavy atom. The third kappa shape index (κ3) is 5.25. The zero-order valence-corrected chi connectivity index (χ0v) is 15.0. The van der Waals surface area contributed by atoms with E-state index in [-0.39, 0.29) is 11.7 Å². The van der Waals surface area contributed by atoms with Crippen LogP contribution in [0.2, 0.25) is 0 Å². The summed E-state index contributed by atoms with van der Waals surface area (Å²) >= 11 is 0. The van der Waals surface area contributed by atoms with Gasteiger partial charge in [0.15, 0.2) is 0 Å². The Kier molecular flexibility index (Phi) is 5.94. The lowest BCUT2D eigenvalue weighted by molar-refractivity contribution is -0.116. The van der Waals surface area contributed by atoms with Crippen molar-refractivity contribution in [3.8, 4) is 0 Å². The molecule has 136 valence electrons. The Bertz CT molecular complexity index is 924. The van der Waals surface area contributed by atoms with Crippen LogP contribution in [0.25, 0.3) is 6.08 Å². The first-order valence-electron chi connectivity index (χ1n) is 8.56. The van der Waals surface area contributed by atoms with Crippen LogP contribution >= 0.6 is 0 Å². The van der Waals surface area contributed by atoms with Gasteiger partial charge in [0.1, 0.15) is 5.82 Å². The maximum Gasteiger partial charge on any atom is 0.244 e. The number of halogens is 1. The molecule has 0 fully saturated rings. The van der Waals surface area contributed by atoms with Crippen molar-refractivity contribution in [3.05, 3.63) is 96.1 Å². The van der Waals surface area contributed by atoms with Gasteiger partial charge in [0, 0.05) is 43.4 Å². The fourth-order valence-electron chi connectivity index (χ4n) is 2.58. The molecule has 0 unspecified atom stereocenters. The number of aromatic nitrogens is 1. The molecule has 0 atom stereocenters. The van der Waals surface area contributed by atoms with Gasteiger partial charge in [-0.3, -0.25) is 9.78 Å². The second-order valence-corrected chi connectivity index (χ2v) is 6.04. The Morgan fingerprint density at radius 2 is 1.78 bits per heavy atom. The second-order valence-electron chi connectivity index (χ2n) is 6.04. The summed E-state index contributed by atoms with van der Waals surface area (Å²) in [5, 5.41) is 2.82. The second kappa shape index (κ2) is 8.76. The molecule has 0 aliphatic carbocycles. The van der Waals surface area contributed by atoms with E-state index in [0.29, 0.717) is 12.1 Å². The molecule has 0 aliphatic rings. The molecule has 0 bridgehead atoms. The summed E-state index contributed by atoms with van der Waals surface area (Å²) in [6.45, 7) is 0.422. The fourth-order valence-corrected chi connectivity index (χ4v) is 2.58. The van der Waals surface area contributed by atoms with E-state index in [2.05, 4.69) is 15.2 Å². The Morgan fingerprint density at radius 3 is 2.48 bits per heavy atom. The highest BCUT2D eigenvalue weighted by Crippen LogP contribution is 2.22. The number of hydrogen-bond donors (Lipinski definition) is 1. The van der Waals surface area contributed by atoms with E-state index in [1.54, 1.807) is 30.6 Å². The van der Waals surface area contributed by atoms with Crippen LogP contribution in [0.5, 0.6) is 0 Å². The average molecular weight is 361 g/mol. The minimum absolute atomic E-state index is 0.225. The average Bonchev–Trinajstić information content (AvgIpc) is 2.71. The summed E-state index contributed by atoms with van der Waals surface area (Å²) < 4.78 is 13.1. The highest BCUT2D eigenvalue weighted by Gasteiger charge is 2.04. The summed E-state index contributed by atoms with van der Waals surface area (Å²) in [6, 6.07) is 17.9.